The zero-order valence-corrected chi connectivity index (χ0v) is 8.47. The zero-order valence-electron chi connectivity index (χ0n) is 7.65. The smallest absolute Gasteiger partial charge is 0.302 e. The van der Waals surface area contributed by atoms with Gasteiger partial charge in [-0.2, -0.15) is 0 Å². The molecule has 0 N–H and O–H groups in total. The highest BCUT2D eigenvalue weighted by Crippen LogP contribution is 2.20. The van der Waals surface area contributed by atoms with Crippen molar-refractivity contribution in [2.75, 3.05) is 0 Å². The largest absolute Gasteiger partial charge is 0.307 e. The van der Waals surface area contributed by atoms with Gasteiger partial charge in [0.05, 0.1) is 10.6 Å². The topological polar surface area (TPSA) is 22.0 Å². The van der Waals surface area contributed by atoms with Gasteiger partial charge in [-0.3, -0.25) is 4.79 Å². The van der Waals surface area contributed by atoms with Crippen LogP contribution in [0.25, 0.3) is 12.2 Å². The molecule has 0 saturated carbocycles. The molecule has 0 bridgehead atoms. The van der Waals surface area contributed by atoms with Gasteiger partial charge in [-0.05, 0) is 18.1 Å². The number of nitrogens with zero attached hydrogens (tertiary/aromatic N) is 1. The highest BCUT2D eigenvalue weighted by atomic mass is 32.1. The van der Waals surface area contributed by atoms with Crippen LogP contribution in [0.3, 0.4) is 0 Å². The van der Waals surface area contributed by atoms with Crippen LogP contribution < -0.4 is 4.87 Å². The summed E-state index contributed by atoms with van der Waals surface area (Å²) in [7, 11) is 1.81. The average Bonchev–Trinajstić information content (AvgIpc) is 2.28. The van der Waals surface area contributed by atoms with Crippen LogP contribution in [0.2, 0.25) is 0 Å². The van der Waals surface area contributed by atoms with Gasteiger partial charge >= 0.3 is 4.87 Å². The van der Waals surface area contributed by atoms with Gasteiger partial charge in [-0.25, -0.2) is 0 Å². The molecule has 2 rings (SSSR count). The summed E-state index contributed by atoms with van der Waals surface area (Å²) in [5.74, 6) is 0.453. The van der Waals surface area contributed by atoms with E-state index < -0.39 is 0 Å². The van der Waals surface area contributed by atoms with Crippen molar-refractivity contribution in [3.63, 3.8) is 0 Å². The molecule has 13 heavy (non-hydrogen) atoms. The number of hydrogen-bond acceptors (Lipinski definition) is 2. The first-order chi connectivity index (χ1) is 6.18. The Kier molecular flexibility index (Phi) is 1.96. The van der Waals surface area contributed by atoms with E-state index in [1.54, 1.807) is 4.57 Å². The van der Waals surface area contributed by atoms with E-state index in [4.69, 9.17) is 0 Å². The maximum Gasteiger partial charge on any atom is 0.307 e. The summed E-state index contributed by atoms with van der Waals surface area (Å²) in [4.78, 5) is 12.5. The molecule has 0 amide bonds. The van der Waals surface area contributed by atoms with Crippen LogP contribution >= 0.6 is 11.3 Å². The third-order valence-corrected chi connectivity index (χ3v) is 3.21. The van der Waals surface area contributed by atoms with Crippen molar-refractivity contribution >= 4 is 23.5 Å². The van der Waals surface area contributed by atoms with E-state index in [1.165, 1.54) is 11.3 Å². The van der Waals surface area contributed by atoms with Crippen LogP contribution in [0, 0.1) is 5.92 Å². The van der Waals surface area contributed by atoms with Gasteiger partial charge < -0.3 is 4.57 Å². The predicted molar refractivity (Wildman–Crippen MR) is 56.8 cm³/mol. The monoisotopic (exact) mass is 193 g/mol. The van der Waals surface area contributed by atoms with Gasteiger partial charge in [-0.15, -0.1) is 0 Å². The predicted octanol–water partition coefficient (Wildman–Crippen LogP) is 2.12. The van der Waals surface area contributed by atoms with E-state index in [1.807, 2.05) is 19.2 Å². The zero-order chi connectivity index (χ0) is 9.42. The Morgan fingerprint density at radius 3 is 2.85 bits per heavy atom. The van der Waals surface area contributed by atoms with Gasteiger partial charge in [0.15, 0.2) is 0 Å². The van der Waals surface area contributed by atoms with Crippen molar-refractivity contribution < 1.29 is 0 Å². The van der Waals surface area contributed by atoms with E-state index in [0.717, 1.165) is 10.6 Å². The highest BCUT2D eigenvalue weighted by Gasteiger charge is 2.09. The third-order valence-electron chi connectivity index (χ3n) is 2.19. The standard InChI is InChI=1S/C10H11NOS/c1-7-3-5-8-9(6-4-7)13-10(12)11(8)2/h3-7H,1-2H3. The summed E-state index contributed by atoms with van der Waals surface area (Å²) in [6.45, 7) is 2.13. The summed E-state index contributed by atoms with van der Waals surface area (Å²) < 4.78 is 1.69. The lowest BCUT2D eigenvalue weighted by molar-refractivity contribution is 0.881. The molecule has 0 aromatic carbocycles. The fourth-order valence-corrected chi connectivity index (χ4v) is 2.22. The normalized spacial score (nSPS) is 20.0. The second-order valence-corrected chi connectivity index (χ2v) is 4.25. The second kappa shape index (κ2) is 3.00. The van der Waals surface area contributed by atoms with Crippen molar-refractivity contribution in [3.05, 3.63) is 32.4 Å². The minimum Gasteiger partial charge on any atom is -0.302 e. The molecular formula is C10H11NOS. The number of rotatable bonds is 0. The molecule has 1 atom stereocenters. The molecule has 2 nitrogen and oxygen atoms in total. The number of allylic oxidation sites excluding steroid dienone is 2. The molecule has 1 heterocycles. The van der Waals surface area contributed by atoms with Crippen molar-refractivity contribution in [2.24, 2.45) is 13.0 Å². The lowest BCUT2D eigenvalue weighted by atomic mass is 10.2. The molecule has 0 saturated heterocycles. The van der Waals surface area contributed by atoms with Crippen LogP contribution in [0.1, 0.15) is 17.5 Å². The lowest BCUT2D eigenvalue weighted by Gasteiger charge is -1.94. The van der Waals surface area contributed by atoms with Gasteiger partial charge in [0.2, 0.25) is 0 Å². The minimum absolute atomic E-state index is 0.105. The van der Waals surface area contributed by atoms with Crippen LogP contribution in [-0.4, -0.2) is 4.57 Å². The summed E-state index contributed by atoms with van der Waals surface area (Å²) in [6, 6.07) is 0. The summed E-state index contributed by atoms with van der Waals surface area (Å²) in [5.41, 5.74) is 1.02. The van der Waals surface area contributed by atoms with Crippen molar-refractivity contribution in [1.82, 2.24) is 4.57 Å². The summed E-state index contributed by atoms with van der Waals surface area (Å²) in [5, 5.41) is 0. The molecule has 1 aromatic rings. The second-order valence-electron chi connectivity index (χ2n) is 3.25. The molecule has 0 spiro atoms. The van der Waals surface area contributed by atoms with Gasteiger partial charge in [0.1, 0.15) is 0 Å². The van der Waals surface area contributed by atoms with Gasteiger partial charge in [0, 0.05) is 7.05 Å². The fourth-order valence-electron chi connectivity index (χ4n) is 1.34. The molecule has 1 aliphatic rings. The Morgan fingerprint density at radius 2 is 2.08 bits per heavy atom. The van der Waals surface area contributed by atoms with Gasteiger partial charge in [-0.1, -0.05) is 30.4 Å². The van der Waals surface area contributed by atoms with Crippen molar-refractivity contribution in [2.45, 2.75) is 6.92 Å². The molecule has 1 aromatic heterocycles. The summed E-state index contributed by atoms with van der Waals surface area (Å²) >= 11 is 1.30. The first kappa shape index (κ1) is 8.51. The third kappa shape index (κ3) is 1.40. The minimum atomic E-state index is 0.105. The van der Waals surface area contributed by atoms with E-state index in [2.05, 4.69) is 19.1 Å². The molecule has 0 fully saturated rings. The number of fused-ring (bicyclic) bond motifs is 1. The Balaban J connectivity index is 2.64. The average molecular weight is 193 g/mol. The SMILES string of the molecule is CC1C=Cc2sc(=O)n(C)c2C=C1. The summed E-state index contributed by atoms with van der Waals surface area (Å²) in [6.07, 6.45) is 8.27. The number of hydrogen-bond donors (Lipinski definition) is 0. The molecule has 68 valence electrons. The van der Waals surface area contributed by atoms with Crippen molar-refractivity contribution in [1.29, 1.82) is 0 Å². The van der Waals surface area contributed by atoms with E-state index in [0.29, 0.717) is 5.92 Å². The maximum absolute atomic E-state index is 11.3. The van der Waals surface area contributed by atoms with E-state index in [-0.39, 0.29) is 4.87 Å². The van der Waals surface area contributed by atoms with Crippen LogP contribution in [0.15, 0.2) is 16.9 Å². The fraction of sp³-hybridized carbons (Fsp3) is 0.300. The van der Waals surface area contributed by atoms with Crippen LogP contribution in [0.5, 0.6) is 0 Å². The Hall–Kier alpha value is -1.09. The molecule has 1 aliphatic carbocycles. The van der Waals surface area contributed by atoms with E-state index in [9.17, 15) is 4.79 Å². The van der Waals surface area contributed by atoms with E-state index >= 15 is 0 Å². The molecule has 1 unspecified atom stereocenters. The Bertz CT molecular complexity index is 436. The lowest BCUT2D eigenvalue weighted by Crippen LogP contribution is -2.08. The van der Waals surface area contributed by atoms with Gasteiger partial charge in [0.25, 0.3) is 0 Å². The first-order valence-corrected chi connectivity index (χ1v) is 5.06. The maximum atomic E-state index is 11.3. The number of aromatic nitrogens is 1. The highest BCUT2D eigenvalue weighted by molar-refractivity contribution is 7.10. The molecule has 3 heteroatoms. The van der Waals surface area contributed by atoms with Crippen LogP contribution in [0.4, 0.5) is 0 Å². The van der Waals surface area contributed by atoms with Crippen molar-refractivity contribution in [3.8, 4) is 0 Å². The molecule has 0 aliphatic heterocycles. The molecule has 0 radical (unpaired) electrons. The number of thiazole rings is 1. The Morgan fingerprint density at radius 1 is 1.38 bits per heavy atom. The quantitative estimate of drug-likeness (QED) is 0.618. The molecular weight excluding hydrogens is 182 g/mol. The Labute approximate surface area is 80.8 Å². The first-order valence-electron chi connectivity index (χ1n) is 4.24. The van der Waals surface area contributed by atoms with Crippen LogP contribution in [-0.2, 0) is 7.05 Å².